The van der Waals surface area contributed by atoms with Crippen LogP contribution in [0.3, 0.4) is 0 Å². The third kappa shape index (κ3) is 9.13. The first kappa shape index (κ1) is 19.4. The van der Waals surface area contributed by atoms with Gasteiger partial charge in [-0.25, -0.2) is 4.79 Å². The van der Waals surface area contributed by atoms with Crippen LogP contribution in [-0.2, 0) is 35.0 Å². The van der Waals surface area contributed by atoms with E-state index in [2.05, 4.69) is 9.50 Å². The van der Waals surface area contributed by atoms with Crippen LogP contribution in [0.4, 0.5) is 10.5 Å². The minimum atomic E-state index is -3.80. The Morgan fingerprint density at radius 2 is 1.70 bits per heavy atom. The van der Waals surface area contributed by atoms with Gasteiger partial charge in [0, 0.05) is 12.1 Å². The zero-order valence-corrected chi connectivity index (χ0v) is 14.1. The van der Waals surface area contributed by atoms with Crippen molar-refractivity contribution in [1.82, 2.24) is 0 Å². The average molecular weight is 367 g/mol. The highest BCUT2D eigenvalue weighted by Crippen LogP contribution is 2.14. The van der Waals surface area contributed by atoms with Crippen molar-refractivity contribution in [2.45, 2.75) is 12.5 Å². The molecule has 0 saturated carbocycles. The summed E-state index contributed by atoms with van der Waals surface area (Å²) in [6.07, 6.45) is -0.483. The molecular weight excluding hydrogens is 350 g/mol. The molecule has 0 aliphatic heterocycles. The Morgan fingerprint density at radius 1 is 1.13 bits per heavy atom. The summed E-state index contributed by atoms with van der Waals surface area (Å²) in [5, 5.41) is 10.7. The number of carbonyl (C=O) groups is 1. The van der Waals surface area contributed by atoms with E-state index in [4.69, 9.17) is 9.29 Å². The van der Waals surface area contributed by atoms with E-state index in [9.17, 15) is 21.6 Å². The molecule has 9 nitrogen and oxygen atoms in total. The minimum Gasteiger partial charge on any atom is -0.465 e. The van der Waals surface area contributed by atoms with Crippen molar-refractivity contribution in [2.75, 3.05) is 24.4 Å². The van der Waals surface area contributed by atoms with Crippen LogP contribution in [0.25, 0.3) is 0 Å². The van der Waals surface area contributed by atoms with Crippen molar-refractivity contribution in [1.29, 1.82) is 0 Å². The van der Waals surface area contributed by atoms with Gasteiger partial charge < -0.3 is 5.11 Å². The van der Waals surface area contributed by atoms with Crippen LogP contribution < -0.4 is 5.32 Å². The van der Waals surface area contributed by atoms with Crippen LogP contribution in [0.1, 0.15) is 5.56 Å². The molecule has 130 valence electrons. The molecule has 0 aromatic heterocycles. The molecule has 0 aliphatic carbocycles. The molecule has 0 bridgehead atoms. The van der Waals surface area contributed by atoms with Gasteiger partial charge in [0.1, 0.15) is 6.10 Å². The third-order valence-corrected chi connectivity index (χ3v) is 3.63. The predicted octanol–water partition coefficient (Wildman–Crippen LogP) is 0.640. The van der Waals surface area contributed by atoms with Gasteiger partial charge in [-0.3, -0.25) is 13.7 Å². The van der Waals surface area contributed by atoms with Gasteiger partial charge >= 0.3 is 6.09 Å². The molecule has 0 aliphatic rings. The van der Waals surface area contributed by atoms with E-state index >= 15 is 0 Å². The van der Waals surface area contributed by atoms with Crippen molar-refractivity contribution in [2.24, 2.45) is 0 Å². The molecule has 1 amide bonds. The topological polar surface area (TPSA) is 136 Å². The highest BCUT2D eigenvalue weighted by molar-refractivity contribution is 7.86. The molecule has 0 saturated heterocycles. The number of anilines is 1. The third-order valence-electron chi connectivity index (χ3n) is 2.45. The second-order valence-electron chi connectivity index (χ2n) is 4.74. The summed E-state index contributed by atoms with van der Waals surface area (Å²) in [6, 6.07) is 6.09. The smallest absolute Gasteiger partial charge is 0.409 e. The van der Waals surface area contributed by atoms with E-state index in [-0.39, 0.29) is 6.42 Å². The normalized spacial score (nSPS) is 13.5. The largest absolute Gasteiger partial charge is 0.465 e. The van der Waals surface area contributed by atoms with Crippen molar-refractivity contribution < 1.29 is 35.1 Å². The van der Waals surface area contributed by atoms with Gasteiger partial charge in [0.25, 0.3) is 20.2 Å². The van der Waals surface area contributed by atoms with Crippen LogP contribution in [0, 0.1) is 0 Å². The lowest BCUT2D eigenvalue weighted by atomic mass is 10.1. The van der Waals surface area contributed by atoms with Crippen molar-refractivity contribution >= 4 is 32.0 Å². The van der Waals surface area contributed by atoms with Gasteiger partial charge in [0.05, 0.1) is 19.1 Å². The summed E-state index contributed by atoms with van der Waals surface area (Å²) in [6.45, 7) is -0.457. The maximum absolute atomic E-state index is 11.2. The van der Waals surface area contributed by atoms with E-state index in [0.717, 1.165) is 12.5 Å². The molecule has 11 heteroatoms. The summed E-state index contributed by atoms with van der Waals surface area (Å²) in [5.74, 6) is 0. The maximum atomic E-state index is 11.2. The number of nitrogens with one attached hydrogen (secondary N) is 1. The number of amides is 1. The number of hydrogen-bond acceptors (Lipinski definition) is 7. The minimum absolute atomic E-state index is 0.0654. The molecule has 0 unspecified atom stereocenters. The first-order valence-corrected chi connectivity index (χ1v) is 9.89. The zero-order chi connectivity index (χ0) is 17.7. The Balaban J connectivity index is 2.80. The second-order valence-corrected chi connectivity index (χ2v) is 7.99. The molecule has 1 rings (SSSR count). The molecule has 23 heavy (non-hydrogen) atoms. The highest BCUT2D eigenvalue weighted by atomic mass is 32.2. The molecule has 1 aromatic carbocycles. The van der Waals surface area contributed by atoms with Gasteiger partial charge in [-0.2, -0.15) is 16.8 Å². The van der Waals surface area contributed by atoms with E-state index in [1.807, 2.05) is 0 Å². The van der Waals surface area contributed by atoms with E-state index in [1.165, 1.54) is 12.1 Å². The first-order chi connectivity index (χ1) is 10.4. The summed E-state index contributed by atoms with van der Waals surface area (Å²) in [7, 11) is -7.54. The fourth-order valence-corrected chi connectivity index (χ4v) is 2.69. The Morgan fingerprint density at radius 3 is 2.13 bits per heavy atom. The number of rotatable bonds is 8. The molecular formula is C12H17NO8S2. The fraction of sp³-hybridized carbons (Fsp3) is 0.417. The average Bonchev–Trinajstić information content (AvgIpc) is 2.35. The van der Waals surface area contributed by atoms with Crippen molar-refractivity contribution in [3.05, 3.63) is 29.8 Å². The number of benzene rings is 1. The van der Waals surface area contributed by atoms with Crippen LogP contribution in [0.5, 0.6) is 0 Å². The number of carboxylic acid groups (broad SMARTS) is 1. The van der Waals surface area contributed by atoms with Crippen LogP contribution in [0.15, 0.2) is 24.3 Å². The van der Waals surface area contributed by atoms with Gasteiger partial charge in [-0.05, 0) is 17.7 Å². The van der Waals surface area contributed by atoms with Gasteiger partial charge in [-0.1, -0.05) is 12.1 Å². The lowest BCUT2D eigenvalue weighted by Gasteiger charge is -2.16. The Kier molecular flexibility index (Phi) is 6.50. The highest BCUT2D eigenvalue weighted by Gasteiger charge is 2.19. The van der Waals surface area contributed by atoms with Crippen molar-refractivity contribution in [3.63, 3.8) is 0 Å². The number of hydrogen-bond donors (Lipinski definition) is 2. The molecule has 0 heterocycles. The molecule has 1 aromatic rings. The molecule has 0 radical (unpaired) electrons. The van der Waals surface area contributed by atoms with E-state index in [1.54, 1.807) is 12.1 Å². The quantitative estimate of drug-likeness (QED) is 0.639. The van der Waals surface area contributed by atoms with E-state index < -0.39 is 39.0 Å². The predicted molar refractivity (Wildman–Crippen MR) is 82.3 cm³/mol. The van der Waals surface area contributed by atoms with Crippen LogP contribution >= 0.6 is 0 Å². The molecule has 0 fully saturated rings. The first-order valence-electron chi connectivity index (χ1n) is 6.26. The molecule has 2 N–H and O–H groups in total. The standard InChI is InChI=1S/C12H17NO8S2/c1-22(16,17)20-8-11(21-23(2,18)19)7-9-3-5-10(6-4-9)13-12(14)15/h3-6,11,13H,7-8H2,1-2H3,(H,14,15)/t11-/m0/s1. The van der Waals surface area contributed by atoms with Crippen molar-refractivity contribution in [3.8, 4) is 0 Å². The summed E-state index contributed by atoms with van der Waals surface area (Å²) < 4.78 is 53.9. The summed E-state index contributed by atoms with van der Waals surface area (Å²) in [5.41, 5.74) is 0.959. The summed E-state index contributed by atoms with van der Waals surface area (Å²) in [4.78, 5) is 10.5. The van der Waals surface area contributed by atoms with Crippen LogP contribution in [0.2, 0.25) is 0 Å². The lowest BCUT2D eigenvalue weighted by Crippen LogP contribution is -2.27. The Labute approximate surface area is 134 Å². The lowest BCUT2D eigenvalue weighted by molar-refractivity contribution is 0.139. The maximum Gasteiger partial charge on any atom is 0.409 e. The Hall–Kier alpha value is -1.69. The van der Waals surface area contributed by atoms with Gasteiger partial charge in [0.2, 0.25) is 0 Å². The molecule has 0 spiro atoms. The second kappa shape index (κ2) is 7.73. The zero-order valence-electron chi connectivity index (χ0n) is 12.4. The van der Waals surface area contributed by atoms with Crippen LogP contribution in [-0.4, -0.2) is 53.3 Å². The summed E-state index contributed by atoms with van der Waals surface area (Å²) >= 11 is 0. The van der Waals surface area contributed by atoms with Gasteiger partial charge in [0.15, 0.2) is 0 Å². The Bertz CT molecular complexity index is 740. The monoisotopic (exact) mass is 367 g/mol. The van der Waals surface area contributed by atoms with Gasteiger partial charge in [-0.15, -0.1) is 0 Å². The van der Waals surface area contributed by atoms with E-state index in [0.29, 0.717) is 11.3 Å². The fourth-order valence-electron chi connectivity index (χ4n) is 1.68. The SMILES string of the molecule is CS(=O)(=O)OC[C@H](Cc1ccc(NC(=O)O)cc1)OS(C)(=O)=O. The molecule has 1 atom stereocenters.